The van der Waals surface area contributed by atoms with Crippen molar-refractivity contribution in [3.8, 4) is 0 Å². The summed E-state index contributed by atoms with van der Waals surface area (Å²) < 4.78 is 1.85. The zero-order chi connectivity index (χ0) is 13.0. The number of hydrogen-bond acceptors (Lipinski definition) is 4. The van der Waals surface area contributed by atoms with Crippen LogP contribution in [0, 0.1) is 6.92 Å². The van der Waals surface area contributed by atoms with Gasteiger partial charge in [0, 0.05) is 25.0 Å². The molecule has 0 aromatic carbocycles. The van der Waals surface area contributed by atoms with Crippen molar-refractivity contribution in [1.29, 1.82) is 0 Å². The molecule has 0 bridgehead atoms. The maximum absolute atomic E-state index is 5.80. The number of unbranched alkanes of at least 4 members (excludes halogenated alkanes) is 1. The normalized spacial score (nSPS) is 12.8. The zero-order valence-corrected chi connectivity index (χ0v) is 11.1. The van der Waals surface area contributed by atoms with E-state index in [-0.39, 0.29) is 6.04 Å². The second-order valence-electron chi connectivity index (χ2n) is 4.61. The summed E-state index contributed by atoms with van der Waals surface area (Å²) in [4.78, 5) is 4.39. The van der Waals surface area contributed by atoms with Gasteiger partial charge in [0.15, 0.2) is 5.82 Å². The monoisotopic (exact) mass is 247 g/mol. The van der Waals surface area contributed by atoms with E-state index < -0.39 is 0 Å². The SMILES string of the molecule is CCCCC(CN)Nc1nccn2nc(C)cc12. The van der Waals surface area contributed by atoms with Crippen molar-refractivity contribution in [2.45, 2.75) is 39.2 Å². The van der Waals surface area contributed by atoms with Gasteiger partial charge in [-0.2, -0.15) is 5.10 Å². The highest BCUT2D eigenvalue weighted by molar-refractivity contribution is 5.68. The number of aryl methyl sites for hydroxylation is 1. The summed E-state index contributed by atoms with van der Waals surface area (Å²) in [7, 11) is 0. The summed E-state index contributed by atoms with van der Waals surface area (Å²) >= 11 is 0. The van der Waals surface area contributed by atoms with Crippen LogP contribution in [0.25, 0.3) is 5.52 Å². The molecular weight excluding hydrogens is 226 g/mol. The molecule has 0 radical (unpaired) electrons. The molecule has 0 saturated carbocycles. The molecule has 0 amide bonds. The average molecular weight is 247 g/mol. The summed E-state index contributed by atoms with van der Waals surface area (Å²) in [6.45, 7) is 4.79. The average Bonchev–Trinajstić information content (AvgIpc) is 2.75. The Morgan fingerprint density at radius 3 is 3.06 bits per heavy atom. The van der Waals surface area contributed by atoms with E-state index in [0.29, 0.717) is 6.54 Å². The Morgan fingerprint density at radius 1 is 1.50 bits per heavy atom. The van der Waals surface area contributed by atoms with E-state index >= 15 is 0 Å². The molecule has 0 spiro atoms. The van der Waals surface area contributed by atoms with E-state index in [0.717, 1.165) is 23.4 Å². The van der Waals surface area contributed by atoms with Gasteiger partial charge in [-0.3, -0.25) is 0 Å². The van der Waals surface area contributed by atoms with Crippen LogP contribution in [0.4, 0.5) is 5.82 Å². The van der Waals surface area contributed by atoms with Gasteiger partial charge in [-0.25, -0.2) is 9.50 Å². The number of hydrogen-bond donors (Lipinski definition) is 2. The van der Waals surface area contributed by atoms with E-state index in [4.69, 9.17) is 5.73 Å². The summed E-state index contributed by atoms with van der Waals surface area (Å²) in [5.74, 6) is 0.865. The molecule has 1 unspecified atom stereocenters. The second kappa shape index (κ2) is 5.82. The first-order valence-corrected chi connectivity index (χ1v) is 6.52. The topological polar surface area (TPSA) is 68.2 Å². The second-order valence-corrected chi connectivity index (χ2v) is 4.61. The maximum atomic E-state index is 5.80. The molecule has 18 heavy (non-hydrogen) atoms. The standard InChI is InChI=1S/C13H21N5/c1-3-4-5-11(9-14)16-13-12-8-10(2)17-18(12)7-6-15-13/h6-8,11H,3-5,9,14H2,1-2H3,(H,15,16). The van der Waals surface area contributed by atoms with Gasteiger partial charge in [0.1, 0.15) is 5.52 Å². The van der Waals surface area contributed by atoms with E-state index in [1.165, 1.54) is 12.8 Å². The van der Waals surface area contributed by atoms with E-state index in [2.05, 4.69) is 22.3 Å². The fourth-order valence-electron chi connectivity index (χ4n) is 2.05. The van der Waals surface area contributed by atoms with Gasteiger partial charge in [0.2, 0.25) is 0 Å². The van der Waals surface area contributed by atoms with Crippen LogP contribution in [0.3, 0.4) is 0 Å². The van der Waals surface area contributed by atoms with Gasteiger partial charge < -0.3 is 11.1 Å². The van der Waals surface area contributed by atoms with Crippen molar-refractivity contribution >= 4 is 11.3 Å². The molecular formula is C13H21N5. The lowest BCUT2D eigenvalue weighted by Gasteiger charge is -2.17. The summed E-state index contributed by atoms with van der Waals surface area (Å²) in [5, 5.41) is 7.80. The minimum Gasteiger partial charge on any atom is -0.364 e. The number of nitrogens with zero attached hydrogens (tertiary/aromatic N) is 3. The number of nitrogens with one attached hydrogen (secondary N) is 1. The molecule has 2 heterocycles. The van der Waals surface area contributed by atoms with Crippen LogP contribution in [0.15, 0.2) is 18.5 Å². The summed E-state index contributed by atoms with van der Waals surface area (Å²) in [5.41, 5.74) is 7.79. The summed E-state index contributed by atoms with van der Waals surface area (Å²) in [6, 6.07) is 2.31. The number of anilines is 1. The molecule has 5 heteroatoms. The Bertz CT molecular complexity index is 505. The van der Waals surface area contributed by atoms with Crippen molar-refractivity contribution in [2.75, 3.05) is 11.9 Å². The minimum atomic E-state index is 0.277. The van der Waals surface area contributed by atoms with Crippen LogP contribution in [-0.2, 0) is 0 Å². The fourth-order valence-corrected chi connectivity index (χ4v) is 2.05. The molecule has 0 aliphatic heterocycles. The van der Waals surface area contributed by atoms with Gasteiger partial charge >= 0.3 is 0 Å². The van der Waals surface area contributed by atoms with Gasteiger partial charge in [0.05, 0.1) is 5.69 Å². The number of nitrogens with two attached hydrogens (primary N) is 1. The van der Waals surface area contributed by atoms with E-state index in [1.54, 1.807) is 6.20 Å². The third-order valence-electron chi connectivity index (χ3n) is 3.04. The first kappa shape index (κ1) is 12.8. The van der Waals surface area contributed by atoms with Crippen molar-refractivity contribution in [2.24, 2.45) is 5.73 Å². The van der Waals surface area contributed by atoms with E-state index in [9.17, 15) is 0 Å². The molecule has 0 fully saturated rings. The van der Waals surface area contributed by atoms with Crippen LogP contribution in [-0.4, -0.2) is 27.2 Å². The Balaban J connectivity index is 2.19. The lowest BCUT2D eigenvalue weighted by Crippen LogP contribution is -2.29. The van der Waals surface area contributed by atoms with Crippen LogP contribution < -0.4 is 11.1 Å². The predicted molar refractivity (Wildman–Crippen MR) is 73.7 cm³/mol. The first-order valence-electron chi connectivity index (χ1n) is 6.52. The quantitative estimate of drug-likeness (QED) is 0.819. The molecule has 0 aliphatic carbocycles. The molecule has 2 rings (SSSR count). The molecule has 0 saturated heterocycles. The highest BCUT2D eigenvalue weighted by Crippen LogP contribution is 2.16. The van der Waals surface area contributed by atoms with Crippen molar-refractivity contribution in [3.63, 3.8) is 0 Å². The minimum absolute atomic E-state index is 0.277. The third-order valence-corrected chi connectivity index (χ3v) is 3.04. The highest BCUT2D eigenvalue weighted by Gasteiger charge is 2.10. The Labute approximate surface area is 107 Å². The Morgan fingerprint density at radius 2 is 2.33 bits per heavy atom. The van der Waals surface area contributed by atoms with Gasteiger partial charge in [-0.1, -0.05) is 19.8 Å². The first-order chi connectivity index (χ1) is 8.74. The van der Waals surface area contributed by atoms with E-state index in [1.807, 2.05) is 23.7 Å². The maximum Gasteiger partial charge on any atom is 0.152 e. The highest BCUT2D eigenvalue weighted by atomic mass is 15.2. The molecule has 3 N–H and O–H groups in total. The Hall–Kier alpha value is -1.62. The zero-order valence-electron chi connectivity index (χ0n) is 11.1. The fraction of sp³-hybridized carbons (Fsp3) is 0.538. The number of fused-ring (bicyclic) bond motifs is 1. The number of rotatable bonds is 6. The summed E-state index contributed by atoms with van der Waals surface area (Å²) in [6.07, 6.45) is 7.05. The third kappa shape index (κ3) is 2.79. The van der Waals surface area contributed by atoms with Crippen molar-refractivity contribution < 1.29 is 0 Å². The smallest absolute Gasteiger partial charge is 0.152 e. The van der Waals surface area contributed by atoms with Gasteiger partial charge in [-0.05, 0) is 19.4 Å². The molecule has 98 valence electrons. The molecule has 2 aromatic rings. The largest absolute Gasteiger partial charge is 0.364 e. The van der Waals surface area contributed by atoms with Crippen LogP contribution in [0.1, 0.15) is 31.9 Å². The predicted octanol–water partition coefficient (Wildman–Crippen LogP) is 1.97. The lowest BCUT2D eigenvalue weighted by atomic mass is 10.1. The van der Waals surface area contributed by atoms with Crippen molar-refractivity contribution in [3.05, 3.63) is 24.2 Å². The molecule has 1 atom stereocenters. The van der Waals surface area contributed by atoms with Crippen LogP contribution in [0.5, 0.6) is 0 Å². The van der Waals surface area contributed by atoms with Crippen LogP contribution >= 0.6 is 0 Å². The van der Waals surface area contributed by atoms with Gasteiger partial charge in [0.25, 0.3) is 0 Å². The van der Waals surface area contributed by atoms with Crippen LogP contribution in [0.2, 0.25) is 0 Å². The van der Waals surface area contributed by atoms with Gasteiger partial charge in [-0.15, -0.1) is 0 Å². The molecule has 0 aliphatic rings. The number of aromatic nitrogens is 3. The molecule has 2 aromatic heterocycles. The van der Waals surface area contributed by atoms with Crippen molar-refractivity contribution in [1.82, 2.24) is 14.6 Å². The Kier molecular flexibility index (Phi) is 4.15. The lowest BCUT2D eigenvalue weighted by molar-refractivity contribution is 0.612. The molecule has 5 nitrogen and oxygen atoms in total.